The number of rotatable bonds is 7. The van der Waals surface area contributed by atoms with E-state index in [0.29, 0.717) is 0 Å². The number of carboxylic acids is 1. The minimum Gasteiger partial charge on any atom is -0.481 e. The van der Waals surface area contributed by atoms with Gasteiger partial charge in [0.2, 0.25) is 0 Å². The lowest BCUT2D eigenvalue weighted by atomic mass is 10.1. The van der Waals surface area contributed by atoms with E-state index in [9.17, 15) is 4.79 Å². The molecule has 0 aliphatic carbocycles. The van der Waals surface area contributed by atoms with Gasteiger partial charge in [0.25, 0.3) is 0 Å². The summed E-state index contributed by atoms with van der Waals surface area (Å²) in [6.07, 6.45) is 3.04. The van der Waals surface area contributed by atoms with Crippen LogP contribution in [0, 0.1) is 0 Å². The van der Waals surface area contributed by atoms with Crippen LogP contribution in [0.15, 0.2) is 30.5 Å². The van der Waals surface area contributed by atoms with Gasteiger partial charge in [-0.1, -0.05) is 31.2 Å². The van der Waals surface area contributed by atoms with Crippen LogP contribution in [0.5, 0.6) is 0 Å². The number of aromatic nitrogens is 1. The molecular weight excluding hydrogens is 284 g/mol. The first-order valence-corrected chi connectivity index (χ1v) is 7.87. The molecule has 2 N–H and O–H groups in total. The van der Waals surface area contributed by atoms with Gasteiger partial charge < -0.3 is 10.4 Å². The lowest BCUT2D eigenvalue weighted by Crippen LogP contribution is -2.17. The van der Waals surface area contributed by atoms with Gasteiger partial charge in [0.1, 0.15) is 5.01 Å². The lowest BCUT2D eigenvalue weighted by molar-refractivity contribution is -0.136. The molecule has 0 fully saturated rings. The zero-order valence-corrected chi connectivity index (χ0v) is 13.1. The van der Waals surface area contributed by atoms with Gasteiger partial charge in [-0.15, -0.1) is 11.3 Å². The second-order valence-electron chi connectivity index (χ2n) is 5.01. The molecule has 1 aromatic carbocycles. The molecule has 0 bridgehead atoms. The van der Waals surface area contributed by atoms with Gasteiger partial charge in [-0.05, 0) is 24.5 Å². The largest absolute Gasteiger partial charge is 0.481 e. The summed E-state index contributed by atoms with van der Waals surface area (Å²) in [5.74, 6) is -0.801. The molecule has 4 nitrogen and oxygen atoms in total. The minimum atomic E-state index is -0.801. The first-order chi connectivity index (χ1) is 10.1. The SMILES string of the molecule is CCc1cnc(C(C)NCc2ccc(CC(=O)O)cc2)s1. The molecule has 2 rings (SSSR count). The zero-order valence-electron chi connectivity index (χ0n) is 12.3. The monoisotopic (exact) mass is 304 g/mol. The highest BCUT2D eigenvalue weighted by Gasteiger charge is 2.09. The molecule has 5 heteroatoms. The van der Waals surface area contributed by atoms with Crippen LogP contribution in [0.25, 0.3) is 0 Å². The van der Waals surface area contributed by atoms with Gasteiger partial charge in [0.15, 0.2) is 0 Å². The minimum absolute atomic E-state index is 0.0724. The van der Waals surface area contributed by atoms with Crippen molar-refractivity contribution in [1.82, 2.24) is 10.3 Å². The van der Waals surface area contributed by atoms with Crippen molar-refractivity contribution in [2.75, 3.05) is 0 Å². The molecule has 2 aromatic rings. The van der Waals surface area contributed by atoms with Crippen LogP contribution in [-0.4, -0.2) is 16.1 Å². The van der Waals surface area contributed by atoms with Crippen molar-refractivity contribution in [3.63, 3.8) is 0 Å². The number of hydrogen-bond donors (Lipinski definition) is 2. The van der Waals surface area contributed by atoms with Crippen LogP contribution in [-0.2, 0) is 24.2 Å². The summed E-state index contributed by atoms with van der Waals surface area (Å²) in [4.78, 5) is 16.4. The third-order valence-electron chi connectivity index (χ3n) is 3.28. The summed E-state index contributed by atoms with van der Waals surface area (Å²) in [6.45, 7) is 4.99. The zero-order chi connectivity index (χ0) is 15.2. The van der Waals surface area contributed by atoms with E-state index in [1.54, 1.807) is 11.3 Å². The van der Waals surface area contributed by atoms with Crippen molar-refractivity contribution < 1.29 is 9.90 Å². The predicted molar refractivity (Wildman–Crippen MR) is 84.5 cm³/mol. The van der Waals surface area contributed by atoms with Crippen LogP contribution in [0.3, 0.4) is 0 Å². The molecule has 0 radical (unpaired) electrons. The first kappa shape index (κ1) is 15.7. The topological polar surface area (TPSA) is 62.2 Å². The van der Waals surface area contributed by atoms with E-state index in [4.69, 9.17) is 5.11 Å². The molecule has 0 amide bonds. The number of benzene rings is 1. The molecule has 0 saturated heterocycles. The van der Waals surface area contributed by atoms with E-state index in [0.717, 1.165) is 29.1 Å². The Morgan fingerprint density at radius 3 is 2.57 bits per heavy atom. The summed E-state index contributed by atoms with van der Waals surface area (Å²) >= 11 is 1.75. The van der Waals surface area contributed by atoms with Gasteiger partial charge in [-0.3, -0.25) is 4.79 Å². The van der Waals surface area contributed by atoms with E-state index >= 15 is 0 Å². The molecule has 1 heterocycles. The Labute approximate surface area is 128 Å². The van der Waals surface area contributed by atoms with Crippen molar-refractivity contribution >= 4 is 17.3 Å². The van der Waals surface area contributed by atoms with E-state index in [1.807, 2.05) is 30.5 Å². The number of nitrogens with one attached hydrogen (secondary N) is 1. The normalized spacial score (nSPS) is 12.3. The maximum absolute atomic E-state index is 10.6. The second kappa shape index (κ2) is 7.33. The Morgan fingerprint density at radius 2 is 2.00 bits per heavy atom. The Morgan fingerprint density at radius 1 is 1.33 bits per heavy atom. The van der Waals surface area contributed by atoms with E-state index in [-0.39, 0.29) is 12.5 Å². The van der Waals surface area contributed by atoms with Gasteiger partial charge in [-0.2, -0.15) is 0 Å². The first-order valence-electron chi connectivity index (χ1n) is 7.06. The fourth-order valence-electron chi connectivity index (χ4n) is 1.99. The molecule has 0 saturated carbocycles. The number of carbonyl (C=O) groups is 1. The second-order valence-corrected chi connectivity index (χ2v) is 6.15. The molecule has 21 heavy (non-hydrogen) atoms. The smallest absolute Gasteiger partial charge is 0.307 e. The number of nitrogens with zero attached hydrogens (tertiary/aromatic N) is 1. The molecule has 0 aliphatic rings. The molecule has 0 spiro atoms. The number of aliphatic carboxylic acids is 1. The lowest BCUT2D eigenvalue weighted by Gasteiger charge is -2.11. The third kappa shape index (κ3) is 4.65. The molecule has 1 atom stereocenters. The van der Waals surface area contributed by atoms with Crippen LogP contribution >= 0.6 is 11.3 Å². The van der Waals surface area contributed by atoms with E-state index < -0.39 is 5.97 Å². The quantitative estimate of drug-likeness (QED) is 0.824. The number of aryl methyl sites for hydroxylation is 1. The Bertz CT molecular complexity index is 593. The highest BCUT2D eigenvalue weighted by molar-refractivity contribution is 7.11. The van der Waals surface area contributed by atoms with E-state index in [1.165, 1.54) is 4.88 Å². The molecule has 0 aliphatic heterocycles. The van der Waals surface area contributed by atoms with Gasteiger partial charge in [-0.25, -0.2) is 4.98 Å². The molecule has 112 valence electrons. The predicted octanol–water partition coefficient (Wildman–Crippen LogP) is 3.18. The Hall–Kier alpha value is -1.72. The summed E-state index contributed by atoms with van der Waals surface area (Å²) < 4.78 is 0. The van der Waals surface area contributed by atoms with Crippen LogP contribution in [0.4, 0.5) is 0 Å². The Kier molecular flexibility index (Phi) is 5.47. The van der Waals surface area contributed by atoms with Crippen molar-refractivity contribution in [2.24, 2.45) is 0 Å². The highest BCUT2D eigenvalue weighted by Crippen LogP contribution is 2.20. The van der Waals surface area contributed by atoms with Crippen LogP contribution in [0.2, 0.25) is 0 Å². The number of hydrogen-bond acceptors (Lipinski definition) is 4. The van der Waals surface area contributed by atoms with Gasteiger partial charge in [0, 0.05) is 17.6 Å². The van der Waals surface area contributed by atoms with Gasteiger partial charge >= 0.3 is 5.97 Å². The molecule has 1 unspecified atom stereocenters. The Balaban J connectivity index is 1.88. The summed E-state index contributed by atoms with van der Waals surface area (Å²) in [6, 6.07) is 7.89. The summed E-state index contributed by atoms with van der Waals surface area (Å²) in [7, 11) is 0. The third-order valence-corrected chi connectivity index (χ3v) is 4.61. The van der Waals surface area contributed by atoms with Crippen molar-refractivity contribution in [2.45, 2.75) is 39.3 Å². The van der Waals surface area contributed by atoms with E-state index in [2.05, 4.69) is 24.1 Å². The summed E-state index contributed by atoms with van der Waals surface area (Å²) in [5.41, 5.74) is 1.97. The maximum atomic E-state index is 10.6. The summed E-state index contributed by atoms with van der Waals surface area (Å²) in [5, 5.41) is 13.3. The van der Waals surface area contributed by atoms with Crippen molar-refractivity contribution in [3.8, 4) is 0 Å². The average molecular weight is 304 g/mol. The van der Waals surface area contributed by atoms with Crippen molar-refractivity contribution in [3.05, 3.63) is 51.5 Å². The number of thiazole rings is 1. The van der Waals surface area contributed by atoms with Crippen LogP contribution < -0.4 is 5.32 Å². The van der Waals surface area contributed by atoms with Crippen molar-refractivity contribution in [1.29, 1.82) is 0 Å². The average Bonchev–Trinajstić information content (AvgIpc) is 2.94. The fourth-order valence-corrected chi connectivity index (χ4v) is 2.88. The van der Waals surface area contributed by atoms with Crippen LogP contribution in [0.1, 0.15) is 40.9 Å². The molecule has 1 aromatic heterocycles. The fraction of sp³-hybridized carbons (Fsp3) is 0.375. The highest BCUT2D eigenvalue weighted by atomic mass is 32.1. The maximum Gasteiger partial charge on any atom is 0.307 e. The molecular formula is C16H20N2O2S. The van der Waals surface area contributed by atoms with Gasteiger partial charge in [0.05, 0.1) is 12.5 Å². The number of carboxylic acid groups (broad SMARTS) is 1. The standard InChI is InChI=1S/C16H20N2O2S/c1-3-14-10-18-16(21-14)11(2)17-9-13-6-4-12(5-7-13)8-15(19)20/h4-7,10-11,17H,3,8-9H2,1-2H3,(H,19,20).